The smallest absolute Gasteiger partial charge is 0.423 e. The van der Waals surface area contributed by atoms with Crippen molar-refractivity contribution in [2.75, 3.05) is 0 Å². The molecule has 0 spiro atoms. The zero-order valence-corrected chi connectivity index (χ0v) is 23.5. The van der Waals surface area contributed by atoms with Gasteiger partial charge in [0, 0.05) is 35.0 Å². The Morgan fingerprint density at radius 3 is 1.56 bits per heavy atom. The van der Waals surface area contributed by atoms with Crippen molar-refractivity contribution in [3.63, 3.8) is 0 Å². The quantitative estimate of drug-likeness (QED) is 0.210. The maximum Gasteiger partial charge on any atom is 0.489 e. The Hall–Kier alpha value is -4.26. The highest BCUT2D eigenvalue weighted by Gasteiger charge is 2.19. The minimum atomic E-state index is -1.50. The normalized spacial score (nSPS) is 11.7. The molecule has 41 heavy (non-hydrogen) atoms. The number of hydrogen-bond acceptors (Lipinski definition) is 4. The molecule has 2 N–H and O–H groups in total. The van der Waals surface area contributed by atoms with E-state index in [0.29, 0.717) is 5.46 Å². The predicted octanol–water partition coefficient (Wildman–Crippen LogP) is 9.10. The number of fused-ring (bicyclic) bond motifs is 6. The largest absolute Gasteiger partial charge is 0.489 e. The van der Waals surface area contributed by atoms with E-state index in [-0.39, 0.29) is 0 Å². The van der Waals surface area contributed by atoms with Gasteiger partial charge in [0.15, 0.2) is 0 Å². The Labute approximate surface area is 245 Å². The first-order valence-electron chi connectivity index (χ1n) is 13.6. The molecule has 0 amide bonds. The average Bonchev–Trinajstić information content (AvgIpc) is 3.60. The Bertz CT molecular complexity index is 2260. The van der Waals surface area contributed by atoms with Gasteiger partial charge in [0.1, 0.15) is 0 Å². The maximum absolute atomic E-state index is 9.96. The van der Waals surface area contributed by atoms with Crippen LogP contribution in [0.3, 0.4) is 0 Å². The van der Waals surface area contributed by atoms with Gasteiger partial charge in [-0.1, -0.05) is 109 Å². The molecule has 2 aromatic heterocycles. The summed E-state index contributed by atoms with van der Waals surface area (Å²) in [5.74, 6) is 0. The van der Waals surface area contributed by atoms with E-state index in [1.165, 1.54) is 36.9 Å². The van der Waals surface area contributed by atoms with Crippen molar-refractivity contribution in [3.8, 4) is 33.4 Å². The van der Waals surface area contributed by atoms with Crippen LogP contribution >= 0.6 is 22.7 Å². The summed E-state index contributed by atoms with van der Waals surface area (Å²) in [4.78, 5) is 0. The summed E-state index contributed by atoms with van der Waals surface area (Å²) in [5.41, 5.74) is 7.66. The van der Waals surface area contributed by atoms with E-state index < -0.39 is 7.12 Å². The van der Waals surface area contributed by atoms with Gasteiger partial charge in [-0.05, 0) is 62.4 Å². The molecule has 2 heterocycles. The van der Waals surface area contributed by atoms with Crippen molar-refractivity contribution in [3.05, 3.63) is 127 Å². The molecule has 0 atom stereocenters. The number of benzene rings is 6. The highest BCUT2D eigenvalue weighted by atomic mass is 32.1. The lowest BCUT2D eigenvalue weighted by molar-refractivity contribution is 0.426. The van der Waals surface area contributed by atoms with E-state index in [9.17, 15) is 10.0 Å². The summed E-state index contributed by atoms with van der Waals surface area (Å²) in [5, 5.41) is 24.7. The SMILES string of the molecule is OB(O)c1cccc2c1sc1c(-c3cccc(-c4cccc(-c5cccc6c5sc5ccccc56)c4)c3)cccc12. The van der Waals surface area contributed by atoms with Gasteiger partial charge in [-0.25, -0.2) is 0 Å². The Morgan fingerprint density at radius 1 is 0.415 bits per heavy atom. The van der Waals surface area contributed by atoms with E-state index in [2.05, 4.69) is 115 Å². The molecular weight excluding hydrogens is 539 g/mol. The molecule has 0 saturated carbocycles. The highest BCUT2D eigenvalue weighted by molar-refractivity contribution is 7.27. The van der Waals surface area contributed by atoms with Gasteiger partial charge in [0.2, 0.25) is 0 Å². The third-order valence-corrected chi connectivity index (χ3v) is 10.4. The lowest BCUT2D eigenvalue weighted by Gasteiger charge is -2.10. The minimum Gasteiger partial charge on any atom is -0.423 e. The van der Waals surface area contributed by atoms with Gasteiger partial charge in [-0.15, -0.1) is 22.7 Å². The molecule has 6 aromatic carbocycles. The summed E-state index contributed by atoms with van der Waals surface area (Å²) in [6.07, 6.45) is 0. The molecule has 5 heteroatoms. The fourth-order valence-corrected chi connectivity index (χ4v) is 8.59. The Morgan fingerprint density at radius 2 is 0.902 bits per heavy atom. The predicted molar refractivity (Wildman–Crippen MR) is 178 cm³/mol. The third kappa shape index (κ3) is 4.01. The number of thiophene rings is 2. The standard InChI is InChI=1S/C36H23BO2S2/c38-37(39)32-18-7-17-31-30-16-6-14-27(35(30)41-36(31)32)25-11-4-9-23(21-25)22-8-3-10-24(20-22)26-13-5-15-29-28-12-1-2-19-33(28)40-34(26)29/h1-21,38-39H. The molecule has 0 saturated heterocycles. The molecule has 0 aliphatic rings. The van der Waals surface area contributed by atoms with Crippen molar-refractivity contribution in [1.82, 2.24) is 0 Å². The monoisotopic (exact) mass is 562 g/mol. The van der Waals surface area contributed by atoms with E-state index >= 15 is 0 Å². The second kappa shape index (κ2) is 9.69. The van der Waals surface area contributed by atoms with E-state index in [1.54, 1.807) is 17.4 Å². The lowest BCUT2D eigenvalue weighted by atomic mass is 9.80. The first kappa shape index (κ1) is 24.5. The Balaban J connectivity index is 1.25. The van der Waals surface area contributed by atoms with Gasteiger partial charge in [0.25, 0.3) is 0 Å². The van der Waals surface area contributed by atoms with Crippen molar-refractivity contribution < 1.29 is 10.0 Å². The Kier molecular flexibility index (Phi) is 5.80. The summed E-state index contributed by atoms with van der Waals surface area (Å²) in [6, 6.07) is 44.9. The fraction of sp³-hybridized carbons (Fsp3) is 0. The van der Waals surface area contributed by atoms with Gasteiger partial charge >= 0.3 is 7.12 Å². The second-order valence-electron chi connectivity index (χ2n) is 10.3. The van der Waals surface area contributed by atoms with Crippen LogP contribution in [-0.4, -0.2) is 17.2 Å². The number of hydrogen-bond donors (Lipinski definition) is 2. The van der Waals surface area contributed by atoms with Gasteiger partial charge in [-0.3, -0.25) is 0 Å². The van der Waals surface area contributed by atoms with Crippen molar-refractivity contribution in [1.29, 1.82) is 0 Å². The van der Waals surface area contributed by atoms with Crippen LogP contribution in [0.25, 0.3) is 73.7 Å². The summed E-state index contributed by atoms with van der Waals surface area (Å²) >= 11 is 3.48. The zero-order valence-electron chi connectivity index (χ0n) is 21.9. The van der Waals surface area contributed by atoms with Gasteiger partial charge < -0.3 is 10.0 Å². The molecule has 0 fully saturated rings. The van der Waals surface area contributed by atoms with Crippen LogP contribution in [0.5, 0.6) is 0 Å². The van der Waals surface area contributed by atoms with Gasteiger partial charge in [0.05, 0.1) is 0 Å². The summed E-state index contributed by atoms with van der Waals surface area (Å²) < 4.78 is 4.71. The molecule has 0 unspecified atom stereocenters. The second-order valence-corrected chi connectivity index (χ2v) is 12.4. The van der Waals surface area contributed by atoms with E-state index in [1.807, 2.05) is 17.4 Å². The molecule has 194 valence electrons. The molecular formula is C36H23BO2S2. The van der Waals surface area contributed by atoms with E-state index in [4.69, 9.17) is 0 Å². The molecule has 0 aliphatic carbocycles. The zero-order chi connectivity index (χ0) is 27.5. The first-order chi connectivity index (χ1) is 20.2. The third-order valence-electron chi connectivity index (χ3n) is 7.92. The molecule has 2 nitrogen and oxygen atoms in total. The van der Waals surface area contributed by atoms with Crippen LogP contribution in [0.4, 0.5) is 0 Å². The number of rotatable bonds is 4. The minimum absolute atomic E-state index is 0.550. The molecule has 0 radical (unpaired) electrons. The van der Waals surface area contributed by atoms with Crippen molar-refractivity contribution >= 4 is 75.6 Å². The van der Waals surface area contributed by atoms with Gasteiger partial charge in [-0.2, -0.15) is 0 Å². The summed E-state index contributed by atoms with van der Waals surface area (Å²) in [7, 11) is -1.50. The molecule has 8 rings (SSSR count). The summed E-state index contributed by atoms with van der Waals surface area (Å²) in [6.45, 7) is 0. The van der Waals surface area contributed by atoms with E-state index in [0.717, 1.165) is 36.9 Å². The van der Waals surface area contributed by atoms with Crippen LogP contribution in [0.2, 0.25) is 0 Å². The molecule has 8 aromatic rings. The maximum atomic E-state index is 9.96. The van der Waals surface area contributed by atoms with Crippen LogP contribution < -0.4 is 5.46 Å². The van der Waals surface area contributed by atoms with Crippen LogP contribution in [0.1, 0.15) is 0 Å². The van der Waals surface area contributed by atoms with Crippen LogP contribution in [-0.2, 0) is 0 Å². The van der Waals surface area contributed by atoms with Crippen molar-refractivity contribution in [2.45, 2.75) is 0 Å². The topological polar surface area (TPSA) is 40.5 Å². The molecule has 0 bridgehead atoms. The first-order valence-corrected chi connectivity index (χ1v) is 15.2. The molecule has 0 aliphatic heterocycles. The van der Waals surface area contributed by atoms with Crippen LogP contribution in [0.15, 0.2) is 127 Å². The lowest BCUT2D eigenvalue weighted by Crippen LogP contribution is -2.29. The van der Waals surface area contributed by atoms with Crippen molar-refractivity contribution in [2.24, 2.45) is 0 Å². The fourth-order valence-electron chi connectivity index (χ4n) is 5.98. The highest BCUT2D eigenvalue weighted by Crippen LogP contribution is 2.42. The average molecular weight is 563 g/mol. The van der Waals surface area contributed by atoms with Crippen LogP contribution in [0, 0.1) is 0 Å².